The van der Waals surface area contributed by atoms with E-state index in [0.717, 1.165) is 44.3 Å². The van der Waals surface area contributed by atoms with Gasteiger partial charge in [-0.05, 0) is 121 Å². The van der Waals surface area contributed by atoms with Gasteiger partial charge < -0.3 is 30.9 Å². The van der Waals surface area contributed by atoms with Crippen LogP contribution < -0.4 is 26.0 Å². The number of anilines is 4. The zero-order valence-electron chi connectivity index (χ0n) is 30.8. The Morgan fingerprint density at radius 1 is 1.04 bits per heavy atom. The lowest BCUT2D eigenvalue weighted by Gasteiger charge is -2.33. The molecule has 0 saturated carbocycles. The number of benzene rings is 2. The molecule has 0 bridgehead atoms. The van der Waals surface area contributed by atoms with Crippen LogP contribution in [0.1, 0.15) is 76.8 Å². The number of piperidine rings is 1. The number of para-hydroxylation sites is 1. The Labute approximate surface area is 313 Å². The molecular formula is C38H52ClN7O5S. The van der Waals surface area contributed by atoms with Crippen molar-refractivity contribution in [1.82, 2.24) is 25.5 Å². The minimum Gasteiger partial charge on any atom is -0.489 e. The molecule has 12 nitrogen and oxygen atoms in total. The number of carbonyl (C=O) groups is 2. The van der Waals surface area contributed by atoms with E-state index in [1.807, 2.05) is 19.9 Å². The average molecular weight is 754 g/mol. The van der Waals surface area contributed by atoms with Crippen LogP contribution in [0.4, 0.5) is 23.1 Å². The van der Waals surface area contributed by atoms with Crippen molar-refractivity contribution < 1.29 is 22.7 Å². The third kappa shape index (κ3) is 11.4. The second kappa shape index (κ2) is 19.0. The summed E-state index contributed by atoms with van der Waals surface area (Å²) < 4.78 is 32.3. The molecule has 4 rings (SSSR count). The summed E-state index contributed by atoms with van der Waals surface area (Å²) in [5, 5.41) is 11.8. The van der Waals surface area contributed by atoms with E-state index in [9.17, 15) is 18.0 Å². The quantitative estimate of drug-likeness (QED) is 0.0819. The number of ether oxygens (including phenoxy) is 1. The Hall–Kier alpha value is -4.20. The number of halogens is 1. The van der Waals surface area contributed by atoms with Crippen LogP contribution in [0.25, 0.3) is 0 Å². The van der Waals surface area contributed by atoms with Crippen molar-refractivity contribution in [1.29, 1.82) is 0 Å². The SMILES string of the molecule is C=CC(=O)NCCCCNC(=O)CCN1CCC(c2cc(OC(C)C)c(Nc3ncc(Cl)c(Nc4ccccc4S(=O)(=O)C(C)C)n3)cc2C)CC1. The van der Waals surface area contributed by atoms with Gasteiger partial charge >= 0.3 is 0 Å². The molecule has 1 aromatic heterocycles. The fraction of sp³-hybridized carbons (Fsp3) is 0.474. The number of aromatic nitrogens is 2. The summed E-state index contributed by atoms with van der Waals surface area (Å²) in [5.74, 6) is 1.42. The van der Waals surface area contributed by atoms with Gasteiger partial charge in [0.25, 0.3) is 0 Å². The van der Waals surface area contributed by atoms with Crippen LogP contribution in [0, 0.1) is 6.92 Å². The largest absolute Gasteiger partial charge is 0.489 e. The molecule has 0 unspecified atom stereocenters. The smallest absolute Gasteiger partial charge is 0.243 e. The van der Waals surface area contributed by atoms with Gasteiger partial charge in [-0.25, -0.2) is 13.4 Å². The number of hydrogen-bond acceptors (Lipinski definition) is 10. The number of nitrogens with zero attached hydrogens (tertiary/aromatic N) is 3. The van der Waals surface area contributed by atoms with E-state index < -0.39 is 15.1 Å². The lowest BCUT2D eigenvalue weighted by atomic mass is 9.86. The summed E-state index contributed by atoms with van der Waals surface area (Å²) in [4.78, 5) is 35.1. The first-order valence-corrected chi connectivity index (χ1v) is 19.8. The van der Waals surface area contributed by atoms with E-state index in [0.29, 0.717) is 49.1 Å². The van der Waals surface area contributed by atoms with Crippen molar-refractivity contribution in [3.8, 4) is 5.75 Å². The van der Waals surface area contributed by atoms with E-state index in [2.05, 4.69) is 55.7 Å². The summed E-state index contributed by atoms with van der Waals surface area (Å²) in [6.45, 7) is 16.4. The molecule has 1 fully saturated rings. The third-order valence-electron chi connectivity index (χ3n) is 8.88. The Kier molecular flexibility index (Phi) is 14.9. The van der Waals surface area contributed by atoms with Gasteiger partial charge in [-0.2, -0.15) is 4.98 Å². The van der Waals surface area contributed by atoms with Gasteiger partial charge in [-0.1, -0.05) is 30.3 Å². The highest BCUT2D eigenvalue weighted by Gasteiger charge is 2.25. The van der Waals surface area contributed by atoms with Crippen molar-refractivity contribution in [2.45, 2.75) is 88.9 Å². The van der Waals surface area contributed by atoms with Gasteiger partial charge in [0.05, 0.1) is 33.8 Å². The normalized spacial score (nSPS) is 13.9. The number of amides is 2. The molecule has 14 heteroatoms. The standard InChI is InChI=1S/C38H52ClN7O5S/c1-7-35(47)40-17-10-11-18-41-36(48)16-21-46-19-14-28(15-20-46)29-23-33(51-25(2)3)32(22-27(29)6)44-38-42-24-30(39)37(45-38)43-31-12-8-9-13-34(31)52(49,50)26(4)5/h7-9,12-13,22-26,28H,1,10-11,14-21H2,2-6H3,(H,40,47)(H,41,48)(H2,42,43,44,45). The number of rotatable bonds is 18. The zero-order chi connectivity index (χ0) is 37.8. The van der Waals surface area contributed by atoms with Crippen LogP contribution in [-0.4, -0.2) is 79.2 Å². The van der Waals surface area contributed by atoms with E-state index in [1.54, 1.807) is 38.1 Å². The Bertz CT molecular complexity index is 1810. The number of carbonyl (C=O) groups excluding carboxylic acids is 2. The minimum atomic E-state index is -3.56. The Morgan fingerprint density at radius 3 is 2.40 bits per heavy atom. The zero-order valence-corrected chi connectivity index (χ0v) is 32.4. The molecular weight excluding hydrogens is 702 g/mol. The molecule has 282 valence electrons. The Balaban J connectivity index is 1.38. The minimum absolute atomic E-state index is 0.0446. The molecule has 0 spiro atoms. The second-order valence-electron chi connectivity index (χ2n) is 13.5. The summed E-state index contributed by atoms with van der Waals surface area (Å²) in [5.41, 5.74) is 3.42. The summed E-state index contributed by atoms with van der Waals surface area (Å²) in [7, 11) is -3.56. The first-order valence-electron chi connectivity index (χ1n) is 17.9. The molecule has 0 aliphatic carbocycles. The number of nitrogens with one attached hydrogen (secondary N) is 4. The lowest BCUT2D eigenvalue weighted by molar-refractivity contribution is -0.121. The third-order valence-corrected chi connectivity index (χ3v) is 11.4. The highest BCUT2D eigenvalue weighted by atomic mass is 35.5. The predicted octanol–water partition coefficient (Wildman–Crippen LogP) is 6.66. The van der Waals surface area contributed by atoms with E-state index in [4.69, 9.17) is 16.3 Å². The molecule has 0 atom stereocenters. The van der Waals surface area contributed by atoms with Gasteiger partial charge in [0.1, 0.15) is 10.8 Å². The number of hydrogen-bond donors (Lipinski definition) is 4. The molecule has 4 N–H and O–H groups in total. The maximum Gasteiger partial charge on any atom is 0.243 e. The van der Waals surface area contributed by atoms with Gasteiger partial charge in [0.15, 0.2) is 15.7 Å². The summed E-state index contributed by atoms with van der Waals surface area (Å²) >= 11 is 6.48. The van der Waals surface area contributed by atoms with Crippen LogP contribution in [-0.2, 0) is 19.4 Å². The Morgan fingerprint density at radius 2 is 1.73 bits per heavy atom. The van der Waals surface area contributed by atoms with E-state index in [1.165, 1.54) is 17.8 Å². The molecule has 2 amide bonds. The van der Waals surface area contributed by atoms with Crippen LogP contribution in [0.5, 0.6) is 5.75 Å². The molecule has 1 aliphatic rings. The summed E-state index contributed by atoms with van der Waals surface area (Å²) in [6, 6.07) is 10.8. The van der Waals surface area contributed by atoms with E-state index >= 15 is 0 Å². The van der Waals surface area contributed by atoms with Crippen molar-refractivity contribution in [3.63, 3.8) is 0 Å². The maximum absolute atomic E-state index is 13.0. The van der Waals surface area contributed by atoms with Crippen LogP contribution in [0.15, 0.2) is 60.1 Å². The molecule has 3 aromatic rings. The highest BCUT2D eigenvalue weighted by molar-refractivity contribution is 7.92. The first-order chi connectivity index (χ1) is 24.8. The van der Waals surface area contributed by atoms with Crippen LogP contribution in [0.2, 0.25) is 5.02 Å². The monoisotopic (exact) mass is 753 g/mol. The molecule has 1 saturated heterocycles. The number of likely N-dealkylation sites (tertiary alicyclic amines) is 1. The maximum atomic E-state index is 13.0. The van der Waals surface area contributed by atoms with E-state index in [-0.39, 0.29) is 39.6 Å². The fourth-order valence-corrected chi connectivity index (χ4v) is 7.34. The molecule has 0 radical (unpaired) electrons. The average Bonchev–Trinajstić information content (AvgIpc) is 3.11. The van der Waals surface area contributed by atoms with Crippen molar-refractivity contribution in [2.24, 2.45) is 0 Å². The number of sulfone groups is 1. The predicted molar refractivity (Wildman–Crippen MR) is 208 cm³/mol. The first kappa shape index (κ1) is 40.6. The second-order valence-corrected chi connectivity index (χ2v) is 16.4. The molecule has 52 heavy (non-hydrogen) atoms. The van der Waals surface area contributed by atoms with Crippen molar-refractivity contribution in [2.75, 3.05) is 43.4 Å². The van der Waals surface area contributed by atoms with Crippen LogP contribution >= 0.6 is 11.6 Å². The molecule has 1 aliphatic heterocycles. The fourth-order valence-electron chi connectivity index (χ4n) is 6.00. The lowest BCUT2D eigenvalue weighted by Crippen LogP contribution is -2.36. The number of aryl methyl sites for hydroxylation is 1. The van der Waals surface area contributed by atoms with Crippen LogP contribution in [0.3, 0.4) is 0 Å². The van der Waals surface area contributed by atoms with Gasteiger partial charge in [0, 0.05) is 26.1 Å². The number of unbranched alkanes of at least 4 members (excludes halogenated alkanes) is 1. The van der Waals surface area contributed by atoms with Crippen molar-refractivity contribution in [3.05, 3.63) is 71.4 Å². The van der Waals surface area contributed by atoms with Gasteiger partial charge in [-0.3, -0.25) is 9.59 Å². The van der Waals surface area contributed by atoms with Gasteiger partial charge in [-0.15, -0.1) is 0 Å². The van der Waals surface area contributed by atoms with Gasteiger partial charge in [0.2, 0.25) is 17.8 Å². The summed E-state index contributed by atoms with van der Waals surface area (Å²) in [6.07, 6.45) is 6.63. The highest BCUT2D eigenvalue weighted by Crippen LogP contribution is 2.38. The molecule has 2 aromatic carbocycles. The molecule has 2 heterocycles. The topological polar surface area (TPSA) is 155 Å². The van der Waals surface area contributed by atoms with Crippen molar-refractivity contribution >= 4 is 56.4 Å².